The van der Waals surface area contributed by atoms with Crippen molar-refractivity contribution in [3.05, 3.63) is 0 Å². The third kappa shape index (κ3) is 2.98. The molecule has 0 spiro atoms. The van der Waals surface area contributed by atoms with Crippen LogP contribution in [-0.2, 0) is 4.74 Å². The first-order chi connectivity index (χ1) is 7.81. The van der Waals surface area contributed by atoms with Crippen molar-refractivity contribution < 1.29 is 4.74 Å². The second-order valence-corrected chi connectivity index (χ2v) is 5.58. The lowest BCUT2D eigenvalue weighted by atomic mass is 10.0. The molecule has 0 aromatic carbocycles. The Labute approximate surface area is 100 Å². The Hall–Kier alpha value is -0.0800. The van der Waals surface area contributed by atoms with E-state index in [9.17, 15) is 0 Å². The molecule has 2 nitrogen and oxygen atoms in total. The second kappa shape index (κ2) is 6.02. The summed E-state index contributed by atoms with van der Waals surface area (Å²) >= 11 is 0. The van der Waals surface area contributed by atoms with Gasteiger partial charge in [0.1, 0.15) is 0 Å². The van der Waals surface area contributed by atoms with Gasteiger partial charge in [-0.1, -0.05) is 26.2 Å². The second-order valence-electron chi connectivity index (χ2n) is 5.58. The molecule has 0 amide bonds. The van der Waals surface area contributed by atoms with Gasteiger partial charge in [0, 0.05) is 18.7 Å². The molecule has 2 aliphatic heterocycles. The highest BCUT2D eigenvalue weighted by Crippen LogP contribution is 2.35. The van der Waals surface area contributed by atoms with Crippen LogP contribution in [0.15, 0.2) is 0 Å². The van der Waals surface area contributed by atoms with Gasteiger partial charge >= 0.3 is 0 Å². The highest BCUT2D eigenvalue weighted by atomic mass is 16.5. The molecule has 2 aliphatic rings. The van der Waals surface area contributed by atoms with Crippen LogP contribution in [-0.4, -0.2) is 36.7 Å². The minimum atomic E-state index is 0.565. The fourth-order valence-electron chi connectivity index (χ4n) is 3.28. The Bertz CT molecular complexity index is 193. The zero-order valence-corrected chi connectivity index (χ0v) is 11.0. The molecule has 2 heteroatoms. The normalized spacial score (nSPS) is 34.5. The van der Waals surface area contributed by atoms with Crippen LogP contribution >= 0.6 is 0 Å². The highest BCUT2D eigenvalue weighted by Gasteiger charge is 2.38. The third-order valence-corrected chi connectivity index (χ3v) is 4.41. The van der Waals surface area contributed by atoms with Gasteiger partial charge in [-0.15, -0.1) is 0 Å². The van der Waals surface area contributed by atoms with Crippen LogP contribution in [0.2, 0.25) is 0 Å². The quantitative estimate of drug-likeness (QED) is 0.644. The highest BCUT2D eigenvalue weighted by molar-refractivity contribution is 4.93. The molecule has 2 fully saturated rings. The third-order valence-electron chi connectivity index (χ3n) is 4.41. The van der Waals surface area contributed by atoms with Crippen molar-refractivity contribution in [1.82, 2.24) is 4.90 Å². The van der Waals surface area contributed by atoms with Crippen LogP contribution in [0.5, 0.6) is 0 Å². The van der Waals surface area contributed by atoms with E-state index >= 15 is 0 Å². The zero-order valence-electron chi connectivity index (χ0n) is 11.0. The van der Waals surface area contributed by atoms with Gasteiger partial charge in [0.25, 0.3) is 0 Å². The summed E-state index contributed by atoms with van der Waals surface area (Å²) in [6, 6.07) is 1.64. The molecule has 2 rings (SSSR count). The van der Waals surface area contributed by atoms with Crippen molar-refractivity contribution in [1.29, 1.82) is 0 Å². The van der Waals surface area contributed by atoms with Crippen molar-refractivity contribution in [2.24, 2.45) is 0 Å². The molecule has 0 radical (unpaired) electrons. The summed E-state index contributed by atoms with van der Waals surface area (Å²) in [6.45, 7) is 3.25. The topological polar surface area (TPSA) is 12.5 Å². The summed E-state index contributed by atoms with van der Waals surface area (Å²) in [5.41, 5.74) is 0. The van der Waals surface area contributed by atoms with Gasteiger partial charge in [0.05, 0.1) is 6.10 Å². The molecule has 0 N–H and O–H groups in total. The Balaban J connectivity index is 1.61. The van der Waals surface area contributed by atoms with E-state index in [0.717, 1.165) is 18.7 Å². The van der Waals surface area contributed by atoms with E-state index in [1.807, 2.05) is 0 Å². The van der Waals surface area contributed by atoms with Crippen LogP contribution in [0.1, 0.15) is 58.3 Å². The average Bonchev–Trinajstić information content (AvgIpc) is 2.54. The summed E-state index contributed by atoms with van der Waals surface area (Å²) < 4.78 is 6.03. The van der Waals surface area contributed by atoms with Crippen LogP contribution in [0.4, 0.5) is 0 Å². The van der Waals surface area contributed by atoms with Gasteiger partial charge < -0.3 is 9.64 Å². The molecule has 0 aromatic heterocycles. The SMILES string of the molecule is CCCCCCOC1CC2CCC(C1)N2C. The van der Waals surface area contributed by atoms with E-state index < -0.39 is 0 Å². The van der Waals surface area contributed by atoms with Gasteiger partial charge in [-0.2, -0.15) is 0 Å². The Kier molecular flexibility index (Phi) is 4.66. The molecule has 0 aliphatic carbocycles. The van der Waals surface area contributed by atoms with Crippen molar-refractivity contribution in [2.75, 3.05) is 13.7 Å². The molecule has 0 aromatic rings. The smallest absolute Gasteiger partial charge is 0.0604 e. The van der Waals surface area contributed by atoms with E-state index in [1.165, 1.54) is 51.4 Å². The lowest BCUT2D eigenvalue weighted by Gasteiger charge is -2.36. The number of nitrogens with zero attached hydrogens (tertiary/aromatic N) is 1. The first-order valence-corrected chi connectivity index (χ1v) is 7.14. The molecule has 2 unspecified atom stereocenters. The van der Waals surface area contributed by atoms with Gasteiger partial charge in [0.2, 0.25) is 0 Å². The minimum absolute atomic E-state index is 0.565. The van der Waals surface area contributed by atoms with Gasteiger partial charge in [-0.3, -0.25) is 0 Å². The maximum Gasteiger partial charge on any atom is 0.0604 e. The number of unbranched alkanes of at least 4 members (excludes halogenated alkanes) is 3. The largest absolute Gasteiger partial charge is 0.378 e. The van der Waals surface area contributed by atoms with Crippen molar-refractivity contribution in [3.8, 4) is 0 Å². The van der Waals surface area contributed by atoms with Crippen LogP contribution in [0, 0.1) is 0 Å². The Morgan fingerprint density at radius 1 is 1.06 bits per heavy atom. The molecule has 2 saturated heterocycles. The van der Waals surface area contributed by atoms with Crippen LogP contribution < -0.4 is 0 Å². The molecular weight excluding hydrogens is 198 g/mol. The summed E-state index contributed by atoms with van der Waals surface area (Å²) in [5, 5.41) is 0. The number of ether oxygens (including phenoxy) is 1. The van der Waals surface area contributed by atoms with Crippen molar-refractivity contribution >= 4 is 0 Å². The monoisotopic (exact) mass is 225 g/mol. The van der Waals surface area contributed by atoms with Crippen molar-refractivity contribution in [3.63, 3.8) is 0 Å². The summed E-state index contributed by atoms with van der Waals surface area (Å²) in [6.07, 6.45) is 11.2. The molecule has 16 heavy (non-hydrogen) atoms. The summed E-state index contributed by atoms with van der Waals surface area (Å²) in [7, 11) is 2.29. The number of rotatable bonds is 6. The van der Waals surface area contributed by atoms with Crippen molar-refractivity contribution in [2.45, 2.75) is 76.5 Å². The predicted octanol–water partition coefficient (Wildman–Crippen LogP) is 3.21. The number of hydrogen-bond donors (Lipinski definition) is 0. The zero-order chi connectivity index (χ0) is 11.4. The molecule has 2 bridgehead atoms. The van der Waals surface area contributed by atoms with E-state index in [1.54, 1.807) is 0 Å². The summed E-state index contributed by atoms with van der Waals surface area (Å²) in [4.78, 5) is 2.58. The Morgan fingerprint density at radius 3 is 2.38 bits per heavy atom. The van der Waals surface area contributed by atoms with Gasteiger partial charge in [0.15, 0.2) is 0 Å². The molecule has 94 valence electrons. The fraction of sp³-hybridized carbons (Fsp3) is 1.00. The maximum atomic E-state index is 6.03. The lowest BCUT2D eigenvalue weighted by molar-refractivity contribution is -0.0135. The first-order valence-electron chi connectivity index (χ1n) is 7.14. The van der Waals surface area contributed by atoms with E-state index in [4.69, 9.17) is 4.74 Å². The summed E-state index contributed by atoms with van der Waals surface area (Å²) in [5.74, 6) is 0. The Morgan fingerprint density at radius 2 is 1.75 bits per heavy atom. The van der Waals surface area contributed by atoms with Crippen LogP contribution in [0.25, 0.3) is 0 Å². The van der Waals surface area contributed by atoms with E-state index in [2.05, 4.69) is 18.9 Å². The van der Waals surface area contributed by atoms with Crippen LogP contribution in [0.3, 0.4) is 0 Å². The molecular formula is C14H27NO. The fourth-order valence-corrected chi connectivity index (χ4v) is 3.28. The predicted molar refractivity (Wildman–Crippen MR) is 67.7 cm³/mol. The molecule has 2 heterocycles. The minimum Gasteiger partial charge on any atom is -0.378 e. The molecule has 2 atom stereocenters. The number of hydrogen-bond acceptors (Lipinski definition) is 2. The molecule has 0 saturated carbocycles. The van der Waals surface area contributed by atoms with Gasteiger partial charge in [-0.25, -0.2) is 0 Å². The number of piperidine rings is 1. The van der Waals surface area contributed by atoms with Gasteiger partial charge in [-0.05, 0) is 39.2 Å². The first kappa shape index (κ1) is 12.4. The standard InChI is InChI=1S/C14H27NO/c1-3-4-5-6-9-16-14-10-12-7-8-13(11-14)15(12)2/h12-14H,3-11H2,1-2H3. The maximum absolute atomic E-state index is 6.03. The van der Waals surface area contributed by atoms with E-state index in [0.29, 0.717) is 6.10 Å². The lowest BCUT2D eigenvalue weighted by Crippen LogP contribution is -2.42. The average molecular weight is 225 g/mol. The number of fused-ring (bicyclic) bond motifs is 2. The van der Waals surface area contributed by atoms with E-state index in [-0.39, 0.29) is 0 Å².